The van der Waals surface area contributed by atoms with Crippen LogP contribution in [0.25, 0.3) is 10.8 Å². The molecule has 0 bridgehead atoms. The molecule has 1 aliphatic rings. The summed E-state index contributed by atoms with van der Waals surface area (Å²) >= 11 is 0. The minimum absolute atomic E-state index is 0.256. The number of carbonyl (C=O) groups excluding carboxylic acids is 1. The van der Waals surface area contributed by atoms with E-state index >= 15 is 0 Å². The Morgan fingerprint density at radius 2 is 1.90 bits per heavy atom. The van der Waals surface area contributed by atoms with Crippen molar-refractivity contribution in [3.05, 3.63) is 106 Å². The average molecular weight is 397 g/mol. The van der Waals surface area contributed by atoms with Crippen LogP contribution in [0.1, 0.15) is 28.0 Å². The molecular weight excluding hydrogens is 378 g/mol. The fourth-order valence-corrected chi connectivity index (χ4v) is 4.01. The molecule has 1 unspecified atom stereocenters. The van der Waals surface area contributed by atoms with Gasteiger partial charge in [-0.2, -0.15) is 0 Å². The number of fused-ring (bicyclic) bond motifs is 2. The fraction of sp³-hybridized carbons (Fsp3) is 0.125. The van der Waals surface area contributed by atoms with Gasteiger partial charge >= 0.3 is 0 Å². The molecular formula is C24H19N3O3. The topological polar surface area (TPSA) is 84.1 Å². The maximum absolute atomic E-state index is 13.2. The van der Waals surface area contributed by atoms with E-state index in [0.717, 1.165) is 16.3 Å². The van der Waals surface area contributed by atoms with Gasteiger partial charge in [0.2, 0.25) is 5.56 Å². The minimum atomic E-state index is -0.855. The number of carbonyl (C=O) groups is 1. The number of amides is 1. The summed E-state index contributed by atoms with van der Waals surface area (Å²) in [5, 5.41) is 5.40. The Hall–Kier alpha value is -3.93. The van der Waals surface area contributed by atoms with Crippen LogP contribution in [0, 0.1) is 0 Å². The standard InChI is InChI=1S/C24H19N3O3/c28-21-10-8-18(15-26-21)23(29)27-24(11-13-30-20-6-3-12-25-22(20)24)19-9-7-16-4-1-2-5-17(16)14-19/h1-10,12,14-15H,11,13H2,(H,26,28)(H,27,29). The number of nitrogens with zero attached hydrogens (tertiary/aromatic N) is 1. The Balaban J connectivity index is 1.67. The van der Waals surface area contributed by atoms with E-state index in [2.05, 4.69) is 39.6 Å². The normalized spacial score (nSPS) is 17.7. The lowest BCUT2D eigenvalue weighted by molar-refractivity contribution is 0.0883. The number of rotatable bonds is 3. The van der Waals surface area contributed by atoms with Crippen LogP contribution < -0.4 is 15.6 Å². The molecule has 2 aromatic carbocycles. The van der Waals surface area contributed by atoms with Crippen molar-refractivity contribution in [2.75, 3.05) is 6.61 Å². The zero-order valence-electron chi connectivity index (χ0n) is 16.1. The van der Waals surface area contributed by atoms with Crippen LogP contribution in [-0.4, -0.2) is 22.5 Å². The third kappa shape index (κ3) is 3.03. The van der Waals surface area contributed by atoms with Gasteiger partial charge in [0.15, 0.2) is 0 Å². The van der Waals surface area contributed by atoms with Gasteiger partial charge in [-0.1, -0.05) is 36.4 Å². The molecule has 1 amide bonds. The fourth-order valence-electron chi connectivity index (χ4n) is 4.01. The van der Waals surface area contributed by atoms with Crippen molar-refractivity contribution in [2.45, 2.75) is 12.0 Å². The summed E-state index contributed by atoms with van der Waals surface area (Å²) in [5.41, 5.74) is 0.866. The number of H-pyrrole nitrogens is 1. The zero-order valence-corrected chi connectivity index (χ0v) is 16.1. The molecule has 148 valence electrons. The first kappa shape index (κ1) is 18.1. The quantitative estimate of drug-likeness (QED) is 0.555. The minimum Gasteiger partial charge on any atom is -0.491 e. The Bertz CT molecular complexity index is 1290. The number of hydrogen-bond donors (Lipinski definition) is 2. The lowest BCUT2D eigenvalue weighted by Crippen LogP contribution is -2.50. The van der Waals surface area contributed by atoms with Crippen molar-refractivity contribution in [1.82, 2.24) is 15.3 Å². The van der Waals surface area contributed by atoms with Gasteiger partial charge in [-0.15, -0.1) is 0 Å². The van der Waals surface area contributed by atoms with Crippen LogP contribution in [0.5, 0.6) is 5.75 Å². The monoisotopic (exact) mass is 397 g/mol. The van der Waals surface area contributed by atoms with Crippen molar-refractivity contribution in [2.24, 2.45) is 0 Å². The molecule has 1 aliphatic heterocycles. The summed E-state index contributed by atoms with van der Waals surface area (Å²) < 4.78 is 5.83. The molecule has 0 spiro atoms. The Labute approximate surface area is 172 Å². The second-order valence-electron chi connectivity index (χ2n) is 7.31. The van der Waals surface area contributed by atoms with Crippen LogP contribution in [0.4, 0.5) is 0 Å². The molecule has 4 aromatic rings. The maximum atomic E-state index is 13.2. The summed E-state index contributed by atoms with van der Waals surface area (Å²) in [5.74, 6) is 0.358. The first-order valence-electron chi connectivity index (χ1n) is 9.75. The van der Waals surface area contributed by atoms with Gasteiger partial charge in [0.1, 0.15) is 17.0 Å². The van der Waals surface area contributed by atoms with Gasteiger partial charge in [0.25, 0.3) is 5.91 Å². The highest BCUT2D eigenvalue weighted by Crippen LogP contribution is 2.41. The molecule has 2 N–H and O–H groups in total. The van der Waals surface area contributed by atoms with Gasteiger partial charge in [-0.25, -0.2) is 0 Å². The van der Waals surface area contributed by atoms with Crippen molar-refractivity contribution in [3.63, 3.8) is 0 Å². The second kappa shape index (κ2) is 7.15. The highest BCUT2D eigenvalue weighted by molar-refractivity contribution is 5.95. The van der Waals surface area contributed by atoms with Crippen LogP contribution in [0.3, 0.4) is 0 Å². The van der Waals surface area contributed by atoms with Crippen molar-refractivity contribution < 1.29 is 9.53 Å². The third-order valence-corrected chi connectivity index (χ3v) is 5.53. The first-order chi connectivity index (χ1) is 14.7. The molecule has 0 radical (unpaired) electrons. The smallest absolute Gasteiger partial charge is 0.253 e. The molecule has 3 heterocycles. The maximum Gasteiger partial charge on any atom is 0.253 e. The van der Waals surface area contributed by atoms with E-state index in [1.54, 1.807) is 6.20 Å². The number of ether oxygens (including phenoxy) is 1. The Kier molecular flexibility index (Phi) is 4.32. The number of aromatic amines is 1. The lowest BCUT2D eigenvalue weighted by atomic mass is 9.80. The van der Waals surface area contributed by atoms with E-state index < -0.39 is 5.54 Å². The highest BCUT2D eigenvalue weighted by Gasteiger charge is 2.42. The molecule has 0 aliphatic carbocycles. The summed E-state index contributed by atoms with van der Waals surface area (Å²) in [6, 6.07) is 20.8. The Morgan fingerprint density at radius 3 is 2.73 bits per heavy atom. The van der Waals surface area contributed by atoms with Gasteiger partial charge < -0.3 is 15.0 Å². The predicted molar refractivity (Wildman–Crippen MR) is 114 cm³/mol. The highest BCUT2D eigenvalue weighted by atomic mass is 16.5. The molecule has 2 aromatic heterocycles. The number of hydrogen-bond acceptors (Lipinski definition) is 4. The van der Waals surface area contributed by atoms with Crippen LogP contribution in [-0.2, 0) is 5.54 Å². The largest absolute Gasteiger partial charge is 0.491 e. The SMILES string of the molecule is O=C(NC1(c2ccc3ccccc3c2)CCOc2cccnc21)c1ccc(=O)[nH]c1. The molecule has 0 fully saturated rings. The van der Waals surface area contributed by atoms with E-state index in [1.807, 2.05) is 30.3 Å². The number of nitrogens with one attached hydrogen (secondary N) is 2. The van der Waals surface area contributed by atoms with Gasteiger partial charge in [0, 0.05) is 24.9 Å². The van der Waals surface area contributed by atoms with Crippen LogP contribution >= 0.6 is 0 Å². The Morgan fingerprint density at radius 1 is 1.03 bits per heavy atom. The van der Waals surface area contributed by atoms with E-state index in [1.165, 1.54) is 18.3 Å². The first-order valence-corrected chi connectivity index (χ1v) is 9.75. The van der Waals surface area contributed by atoms with Gasteiger partial charge in [-0.05, 0) is 40.6 Å². The predicted octanol–water partition coefficient (Wildman–Crippen LogP) is 3.38. The molecule has 30 heavy (non-hydrogen) atoms. The van der Waals surface area contributed by atoms with E-state index in [-0.39, 0.29) is 11.5 Å². The second-order valence-corrected chi connectivity index (χ2v) is 7.31. The summed E-state index contributed by atoms with van der Waals surface area (Å²) in [6.07, 6.45) is 3.66. The van der Waals surface area contributed by atoms with Crippen LogP contribution in [0.2, 0.25) is 0 Å². The lowest BCUT2D eigenvalue weighted by Gasteiger charge is -2.39. The number of pyridine rings is 2. The van der Waals surface area contributed by atoms with E-state index in [0.29, 0.717) is 30.0 Å². The van der Waals surface area contributed by atoms with E-state index in [4.69, 9.17) is 4.74 Å². The third-order valence-electron chi connectivity index (χ3n) is 5.53. The molecule has 6 nitrogen and oxygen atoms in total. The van der Waals surface area contributed by atoms with Crippen LogP contribution in [0.15, 0.2) is 83.9 Å². The van der Waals surface area contributed by atoms with Gasteiger partial charge in [0.05, 0.1) is 12.2 Å². The molecule has 6 heteroatoms. The number of aromatic nitrogens is 2. The average Bonchev–Trinajstić information content (AvgIpc) is 2.79. The van der Waals surface area contributed by atoms with Crippen molar-refractivity contribution >= 4 is 16.7 Å². The molecule has 0 saturated heterocycles. The van der Waals surface area contributed by atoms with Gasteiger partial charge in [-0.3, -0.25) is 14.6 Å². The molecule has 1 atom stereocenters. The number of benzene rings is 2. The van der Waals surface area contributed by atoms with E-state index in [9.17, 15) is 9.59 Å². The summed E-state index contributed by atoms with van der Waals surface area (Å²) in [6.45, 7) is 0.442. The van der Waals surface area contributed by atoms with Crippen molar-refractivity contribution in [3.8, 4) is 5.75 Å². The summed E-state index contributed by atoms with van der Waals surface area (Å²) in [7, 11) is 0. The van der Waals surface area contributed by atoms with Crippen molar-refractivity contribution in [1.29, 1.82) is 0 Å². The molecule has 0 saturated carbocycles. The summed E-state index contributed by atoms with van der Waals surface area (Å²) in [4.78, 5) is 31.7. The zero-order chi connectivity index (χ0) is 20.6. The molecule has 5 rings (SSSR count).